The number of alkyl carbamates (subject to hydrolysis) is 1. The molecule has 3 rings (SSSR count). The van der Waals surface area contributed by atoms with Gasteiger partial charge in [0.1, 0.15) is 6.04 Å². The molecule has 15 heteroatoms. The highest BCUT2D eigenvalue weighted by molar-refractivity contribution is 7.94. The lowest BCUT2D eigenvalue weighted by Crippen LogP contribution is -2.52. The second kappa shape index (κ2) is 16.5. The van der Waals surface area contributed by atoms with Gasteiger partial charge in [-0.1, -0.05) is 13.8 Å². The van der Waals surface area contributed by atoms with Gasteiger partial charge in [-0.25, -0.2) is 4.79 Å². The van der Waals surface area contributed by atoms with Crippen molar-refractivity contribution in [3.05, 3.63) is 0 Å². The lowest BCUT2D eigenvalue weighted by molar-refractivity contribution is -0.130. The lowest BCUT2D eigenvalue weighted by atomic mass is 9.75. The quantitative estimate of drug-likeness (QED) is 0.129. The van der Waals surface area contributed by atoms with Crippen LogP contribution in [0.1, 0.15) is 72.1 Å². The first kappa shape index (κ1) is 34.9. The Morgan fingerprint density at radius 1 is 1.02 bits per heavy atom. The van der Waals surface area contributed by atoms with Crippen molar-refractivity contribution < 1.29 is 38.4 Å². The summed E-state index contributed by atoms with van der Waals surface area (Å²) in [7, 11) is 0. The molecule has 1 heterocycles. The molecular weight excluding hydrogens is 580 g/mol. The van der Waals surface area contributed by atoms with E-state index in [0.717, 1.165) is 12.8 Å². The van der Waals surface area contributed by atoms with Crippen LogP contribution in [0.4, 0.5) is 4.79 Å². The molecule has 0 aromatic heterocycles. The Morgan fingerprint density at radius 3 is 2.35 bits per heavy atom. The van der Waals surface area contributed by atoms with Crippen LogP contribution in [0.15, 0.2) is 0 Å². The molecule has 0 spiro atoms. The van der Waals surface area contributed by atoms with Crippen molar-refractivity contribution in [2.24, 2.45) is 29.4 Å². The molecule has 3 fully saturated rings. The Morgan fingerprint density at radius 2 is 1.72 bits per heavy atom. The van der Waals surface area contributed by atoms with E-state index >= 15 is 0 Å². The molecule has 2 saturated carbocycles. The SMILES string of the molecule is CC(C)C(=O)NCC(=O)N[C@@H](C)C(=O)NC1CCC(COC(=O)NC2CC3C(CC2O)NC(SO)C3CCC(N)=O)CC1. The molecule has 7 atom stereocenters. The van der Waals surface area contributed by atoms with Gasteiger partial charge in [0.2, 0.25) is 23.6 Å². The molecule has 3 aliphatic rings. The van der Waals surface area contributed by atoms with Gasteiger partial charge in [-0.05, 0) is 69.6 Å². The molecule has 14 nitrogen and oxygen atoms in total. The Bertz CT molecular complexity index is 994. The predicted molar refractivity (Wildman–Crippen MR) is 159 cm³/mol. The number of hydrogen-bond donors (Lipinski definition) is 8. The van der Waals surface area contributed by atoms with Gasteiger partial charge in [-0.3, -0.25) is 19.2 Å². The van der Waals surface area contributed by atoms with Crippen LogP contribution in [0.3, 0.4) is 0 Å². The molecule has 0 aromatic rings. The first-order valence-electron chi connectivity index (χ1n) is 15.2. The van der Waals surface area contributed by atoms with E-state index in [2.05, 4.69) is 26.6 Å². The van der Waals surface area contributed by atoms with E-state index in [9.17, 15) is 33.6 Å². The minimum absolute atomic E-state index is 0.0207. The van der Waals surface area contributed by atoms with Gasteiger partial charge in [0.25, 0.3) is 0 Å². The Labute approximate surface area is 257 Å². The fourth-order valence-corrected chi connectivity index (χ4v) is 7.02. The van der Waals surface area contributed by atoms with Crippen LogP contribution < -0.4 is 32.3 Å². The summed E-state index contributed by atoms with van der Waals surface area (Å²) in [4.78, 5) is 60.1. The number of aliphatic hydroxyl groups is 1. The molecule has 0 aromatic carbocycles. The van der Waals surface area contributed by atoms with Crippen LogP contribution >= 0.6 is 12.0 Å². The molecule has 1 aliphatic heterocycles. The number of fused-ring (bicyclic) bond motifs is 1. The number of hydrogen-bond acceptors (Lipinski definition) is 10. The topological polar surface area (TPSA) is 221 Å². The third kappa shape index (κ3) is 10.5. The number of nitrogens with one attached hydrogen (secondary N) is 5. The van der Waals surface area contributed by atoms with Crippen molar-refractivity contribution in [1.82, 2.24) is 26.6 Å². The summed E-state index contributed by atoms with van der Waals surface area (Å²) in [6, 6.07) is -1.33. The number of carbonyl (C=O) groups excluding carboxylic acids is 5. The summed E-state index contributed by atoms with van der Waals surface area (Å²) in [5.74, 6) is -1.43. The van der Waals surface area contributed by atoms with Crippen LogP contribution in [0.5, 0.6) is 0 Å². The number of amides is 5. The zero-order valence-electron chi connectivity index (χ0n) is 25.2. The number of rotatable bonds is 13. The summed E-state index contributed by atoms with van der Waals surface area (Å²) in [6.45, 7) is 5.08. The first-order chi connectivity index (χ1) is 20.4. The number of primary amides is 1. The zero-order valence-corrected chi connectivity index (χ0v) is 26.0. The normalized spacial score (nSPS) is 30.9. The van der Waals surface area contributed by atoms with Crippen molar-refractivity contribution in [3.63, 3.8) is 0 Å². The fourth-order valence-electron chi connectivity index (χ4n) is 6.29. The molecule has 9 N–H and O–H groups in total. The summed E-state index contributed by atoms with van der Waals surface area (Å²) >= 11 is 0.699. The molecule has 6 unspecified atom stereocenters. The van der Waals surface area contributed by atoms with Crippen molar-refractivity contribution in [2.45, 2.75) is 108 Å². The van der Waals surface area contributed by atoms with E-state index in [4.69, 9.17) is 10.5 Å². The van der Waals surface area contributed by atoms with Gasteiger partial charge in [-0.15, -0.1) is 0 Å². The molecule has 244 valence electrons. The molecule has 5 amide bonds. The maximum atomic E-state index is 12.6. The third-order valence-corrected chi connectivity index (χ3v) is 9.54. The molecule has 0 radical (unpaired) electrons. The van der Waals surface area contributed by atoms with Crippen molar-refractivity contribution >= 4 is 41.8 Å². The lowest BCUT2D eigenvalue weighted by Gasteiger charge is -2.37. The smallest absolute Gasteiger partial charge is 0.407 e. The van der Waals surface area contributed by atoms with Crippen molar-refractivity contribution in [2.75, 3.05) is 13.2 Å². The van der Waals surface area contributed by atoms with Gasteiger partial charge < -0.3 is 46.7 Å². The van der Waals surface area contributed by atoms with E-state index in [0.29, 0.717) is 44.1 Å². The Hall–Kier alpha value is -2.62. The number of nitrogens with two attached hydrogens (primary N) is 1. The monoisotopic (exact) mass is 628 g/mol. The third-order valence-electron chi connectivity index (χ3n) is 8.82. The van der Waals surface area contributed by atoms with Gasteiger partial charge in [0.05, 0.1) is 30.7 Å². The minimum atomic E-state index is -0.773. The highest BCUT2D eigenvalue weighted by Gasteiger charge is 2.48. The van der Waals surface area contributed by atoms with Crippen molar-refractivity contribution in [1.29, 1.82) is 0 Å². The molecular formula is C28H48N6O8S. The Kier molecular flexibility index (Phi) is 13.3. The van der Waals surface area contributed by atoms with Gasteiger partial charge in [0.15, 0.2) is 0 Å². The van der Waals surface area contributed by atoms with E-state index in [-0.39, 0.29) is 72.5 Å². The van der Waals surface area contributed by atoms with E-state index in [1.165, 1.54) is 0 Å². The van der Waals surface area contributed by atoms with E-state index in [1.54, 1.807) is 20.8 Å². The summed E-state index contributed by atoms with van der Waals surface area (Å²) in [6.07, 6.45) is 3.18. The van der Waals surface area contributed by atoms with Crippen LogP contribution in [0.25, 0.3) is 0 Å². The van der Waals surface area contributed by atoms with Crippen molar-refractivity contribution in [3.8, 4) is 0 Å². The molecule has 43 heavy (non-hydrogen) atoms. The second-order valence-electron chi connectivity index (χ2n) is 12.4. The summed E-state index contributed by atoms with van der Waals surface area (Å²) in [5.41, 5.74) is 5.33. The highest BCUT2D eigenvalue weighted by atomic mass is 32.2. The van der Waals surface area contributed by atoms with Crippen LogP contribution in [0.2, 0.25) is 0 Å². The van der Waals surface area contributed by atoms with Gasteiger partial charge in [-0.2, -0.15) is 0 Å². The Balaban J connectivity index is 1.35. The maximum absolute atomic E-state index is 12.6. The summed E-state index contributed by atoms with van der Waals surface area (Å²) in [5, 5.41) is 24.6. The standard InChI is InChI=1S/C28H48N6O8S/c1-14(2)25(38)30-12-24(37)31-15(3)26(39)32-17-6-4-16(5-7-17)13-42-28(40)34-21-10-19-18(8-9-23(29)36)27(43-41)33-20(19)11-22(21)35/h14-22,27,33,35,41H,4-13H2,1-3H3,(H2,29,36)(H,30,38)(H,31,37)(H,32,39)(H,34,40)/t15-,16?,17?,18?,19?,20?,21?,22?,27?/m0/s1. The average molecular weight is 629 g/mol. The average Bonchev–Trinajstić information content (AvgIpc) is 3.30. The molecule has 1 saturated heterocycles. The largest absolute Gasteiger partial charge is 0.449 e. The van der Waals surface area contributed by atoms with Crippen LogP contribution in [-0.4, -0.2) is 88.2 Å². The predicted octanol–water partition coefficient (Wildman–Crippen LogP) is 0.190. The highest BCUT2D eigenvalue weighted by Crippen LogP contribution is 2.43. The fraction of sp³-hybridized carbons (Fsp3) is 0.821. The number of ether oxygens (including phenoxy) is 1. The van der Waals surface area contributed by atoms with Gasteiger partial charge in [0, 0.05) is 36.5 Å². The second-order valence-corrected chi connectivity index (χ2v) is 13.1. The number of aliphatic hydroxyl groups excluding tert-OH is 1. The van der Waals surface area contributed by atoms with Crippen LogP contribution in [-0.2, 0) is 23.9 Å². The molecule has 0 bridgehead atoms. The van der Waals surface area contributed by atoms with E-state index in [1.807, 2.05) is 0 Å². The minimum Gasteiger partial charge on any atom is -0.449 e. The summed E-state index contributed by atoms with van der Waals surface area (Å²) < 4.78 is 15.2. The van der Waals surface area contributed by atoms with Crippen LogP contribution in [0, 0.1) is 23.7 Å². The first-order valence-corrected chi connectivity index (χ1v) is 16.0. The van der Waals surface area contributed by atoms with E-state index < -0.39 is 36.1 Å². The number of carbonyl (C=O) groups is 5. The molecule has 2 aliphatic carbocycles. The zero-order chi connectivity index (χ0) is 31.7. The maximum Gasteiger partial charge on any atom is 0.407 e. The van der Waals surface area contributed by atoms with Gasteiger partial charge >= 0.3 is 6.09 Å².